The van der Waals surface area contributed by atoms with Gasteiger partial charge in [-0.25, -0.2) is 0 Å². The molecule has 0 aromatic carbocycles. The summed E-state index contributed by atoms with van der Waals surface area (Å²) in [6.07, 6.45) is 7.98. The molecule has 5 saturated carbocycles. The number of hydrogen-bond donors (Lipinski definition) is 0. The summed E-state index contributed by atoms with van der Waals surface area (Å²) in [5, 5.41) is 0. The molecule has 1 heterocycles. The summed E-state index contributed by atoms with van der Waals surface area (Å²) in [5.41, 5.74) is 0.365. The van der Waals surface area contributed by atoms with Crippen LogP contribution in [0.25, 0.3) is 0 Å². The maximum absolute atomic E-state index is 12.4. The lowest BCUT2D eigenvalue weighted by Crippen LogP contribution is -2.62. The molecule has 1 saturated heterocycles. The minimum absolute atomic E-state index is 0.0897. The van der Waals surface area contributed by atoms with Gasteiger partial charge >= 0.3 is 5.97 Å². The summed E-state index contributed by atoms with van der Waals surface area (Å²) in [7, 11) is -3.65. The van der Waals surface area contributed by atoms with Crippen LogP contribution in [0.1, 0.15) is 58.8 Å². The van der Waals surface area contributed by atoms with E-state index in [9.17, 15) is 18.0 Å². The Morgan fingerprint density at radius 2 is 1.84 bits per heavy atom. The van der Waals surface area contributed by atoms with Crippen molar-refractivity contribution >= 4 is 21.9 Å². The second-order valence-electron chi connectivity index (χ2n) is 12.4. The number of rotatable bonds is 2. The van der Waals surface area contributed by atoms with Crippen LogP contribution in [0.2, 0.25) is 0 Å². The average molecular weight is 461 g/mol. The van der Waals surface area contributed by atoms with E-state index in [0.29, 0.717) is 54.8 Å². The van der Waals surface area contributed by atoms with E-state index in [-0.39, 0.29) is 28.5 Å². The molecule has 0 amide bonds. The van der Waals surface area contributed by atoms with Crippen LogP contribution in [0.4, 0.5) is 0 Å². The highest BCUT2D eigenvalue weighted by molar-refractivity contribution is 7.86. The van der Waals surface area contributed by atoms with Crippen LogP contribution in [-0.4, -0.2) is 38.1 Å². The van der Waals surface area contributed by atoms with E-state index >= 15 is 0 Å². The van der Waals surface area contributed by atoms with Gasteiger partial charge in [-0.1, -0.05) is 19.4 Å². The fourth-order valence-corrected chi connectivity index (χ4v) is 10.8. The number of esters is 1. The van der Waals surface area contributed by atoms with E-state index in [2.05, 4.69) is 13.8 Å². The smallest absolute Gasteiger partial charge is 0.306 e. The molecular formula is C25H32O6S. The van der Waals surface area contributed by atoms with Crippen molar-refractivity contribution in [3.8, 4) is 0 Å². The number of hydrogen-bond acceptors (Lipinski definition) is 6. The van der Waals surface area contributed by atoms with Crippen LogP contribution in [0, 0.1) is 52.3 Å². The number of ether oxygens (including phenoxy) is 1. The summed E-state index contributed by atoms with van der Waals surface area (Å²) < 4.78 is 37.0. The van der Waals surface area contributed by atoms with Crippen molar-refractivity contribution in [3.05, 3.63) is 11.6 Å². The number of fused-ring (bicyclic) bond motifs is 12. The molecule has 174 valence electrons. The van der Waals surface area contributed by atoms with E-state index in [1.165, 1.54) is 5.57 Å². The Balaban J connectivity index is 1.39. The van der Waals surface area contributed by atoms with E-state index in [0.717, 1.165) is 31.9 Å². The summed E-state index contributed by atoms with van der Waals surface area (Å²) in [5.74, 6) is 2.93. The first kappa shape index (κ1) is 20.2. The Kier molecular flexibility index (Phi) is 3.60. The molecule has 0 bridgehead atoms. The minimum atomic E-state index is -3.65. The summed E-state index contributed by atoms with van der Waals surface area (Å²) >= 11 is 0. The topological polar surface area (TPSA) is 86.7 Å². The summed E-state index contributed by atoms with van der Waals surface area (Å²) in [6, 6.07) is 0. The summed E-state index contributed by atoms with van der Waals surface area (Å²) in [6.45, 7) is 4.54. The zero-order valence-electron chi connectivity index (χ0n) is 19.0. The molecule has 11 atom stereocenters. The zero-order chi connectivity index (χ0) is 22.4. The molecule has 1 spiro atoms. The third-order valence-corrected chi connectivity index (χ3v) is 11.7. The molecular weight excluding hydrogens is 428 g/mol. The largest absolute Gasteiger partial charge is 0.458 e. The van der Waals surface area contributed by atoms with Crippen molar-refractivity contribution < 1.29 is 26.9 Å². The fourth-order valence-electron chi connectivity index (χ4n) is 10.1. The number of carbonyl (C=O) groups is 2. The van der Waals surface area contributed by atoms with Crippen molar-refractivity contribution in [1.82, 2.24) is 0 Å². The van der Waals surface area contributed by atoms with Crippen molar-refractivity contribution in [2.24, 2.45) is 52.3 Å². The first-order chi connectivity index (χ1) is 15.0. The van der Waals surface area contributed by atoms with E-state index in [4.69, 9.17) is 8.92 Å². The Labute approximate surface area is 189 Å². The third-order valence-electron chi connectivity index (χ3n) is 11.1. The van der Waals surface area contributed by atoms with Crippen molar-refractivity contribution in [2.45, 2.75) is 70.5 Å². The van der Waals surface area contributed by atoms with Crippen molar-refractivity contribution in [3.63, 3.8) is 0 Å². The van der Waals surface area contributed by atoms with Gasteiger partial charge in [-0.15, -0.1) is 0 Å². The molecule has 6 fully saturated rings. The molecule has 7 rings (SSSR count). The van der Waals surface area contributed by atoms with Gasteiger partial charge in [0.25, 0.3) is 10.1 Å². The minimum Gasteiger partial charge on any atom is -0.458 e. The predicted molar refractivity (Wildman–Crippen MR) is 115 cm³/mol. The van der Waals surface area contributed by atoms with Crippen molar-refractivity contribution in [2.75, 3.05) is 6.26 Å². The molecule has 7 aliphatic rings. The monoisotopic (exact) mass is 460 g/mol. The Morgan fingerprint density at radius 1 is 1.06 bits per heavy atom. The van der Waals surface area contributed by atoms with Crippen LogP contribution in [0.15, 0.2) is 11.6 Å². The lowest BCUT2D eigenvalue weighted by molar-refractivity contribution is -0.193. The molecule has 7 heteroatoms. The quantitative estimate of drug-likeness (QED) is 0.464. The molecule has 32 heavy (non-hydrogen) atoms. The number of allylic oxidation sites excluding steroid dienone is 1. The maximum Gasteiger partial charge on any atom is 0.306 e. The normalized spacial score (nSPS) is 57.0. The van der Waals surface area contributed by atoms with Crippen LogP contribution in [-0.2, 0) is 28.6 Å². The van der Waals surface area contributed by atoms with Crippen molar-refractivity contribution in [1.29, 1.82) is 0 Å². The van der Waals surface area contributed by atoms with Gasteiger partial charge in [0, 0.05) is 24.2 Å². The number of ketones is 1. The Bertz CT molecular complexity index is 1090. The van der Waals surface area contributed by atoms with Gasteiger partial charge in [-0.2, -0.15) is 8.42 Å². The molecule has 3 unspecified atom stereocenters. The van der Waals surface area contributed by atoms with Crippen LogP contribution in [0.3, 0.4) is 0 Å². The lowest BCUT2D eigenvalue weighted by atomic mass is 9.44. The highest BCUT2D eigenvalue weighted by Gasteiger charge is 2.82. The van der Waals surface area contributed by atoms with Gasteiger partial charge in [0.15, 0.2) is 5.78 Å². The molecule has 6 nitrogen and oxygen atoms in total. The van der Waals surface area contributed by atoms with Gasteiger partial charge in [-0.05, 0) is 79.1 Å². The highest BCUT2D eigenvalue weighted by Crippen LogP contribution is 2.82. The van der Waals surface area contributed by atoms with E-state index < -0.39 is 21.8 Å². The van der Waals surface area contributed by atoms with Gasteiger partial charge in [0.2, 0.25) is 0 Å². The standard InChI is InChI=1S/C25H32O6S/c1-23-6-4-12(26)8-16(23)13-9-14(13)20-21-15-10-17(15)25(7-5-19(27)30-25)24(21,2)11-18(22(20)23)31-32(3,28)29/h8,13-15,17-18,20-22H,4-7,9-11H2,1-3H3/t13-,14+,15-,17+,18-,20?,21?,22?,23+,24+,25+/m1/s1. The van der Waals surface area contributed by atoms with Crippen LogP contribution in [0.5, 0.6) is 0 Å². The second kappa shape index (κ2) is 5.70. The molecule has 0 radical (unpaired) electrons. The first-order valence-corrected chi connectivity index (χ1v) is 14.2. The number of carbonyl (C=O) groups excluding carboxylic acids is 2. The Morgan fingerprint density at radius 3 is 2.53 bits per heavy atom. The van der Waals surface area contributed by atoms with Gasteiger partial charge in [-0.3, -0.25) is 13.8 Å². The maximum atomic E-state index is 12.4. The Hall–Kier alpha value is -1.21. The molecule has 0 N–H and O–H groups in total. The first-order valence-electron chi connectivity index (χ1n) is 12.3. The van der Waals surface area contributed by atoms with Gasteiger partial charge in [0.1, 0.15) is 5.60 Å². The SMILES string of the molecule is C[C@]12CCC(=O)C=C1[C@@H]1C[C@@H]1C1C2[C@H](OS(C)(=O)=O)C[C@@]2(C)C1[C@@H]1C[C@@H]1[C@@]21CCC(=O)O1. The molecule has 6 aliphatic carbocycles. The van der Waals surface area contributed by atoms with E-state index in [1.54, 1.807) is 0 Å². The molecule has 1 aliphatic heterocycles. The average Bonchev–Trinajstić information content (AvgIpc) is 3.58. The second-order valence-corrected chi connectivity index (χ2v) is 14.0. The van der Waals surface area contributed by atoms with E-state index in [1.807, 2.05) is 6.08 Å². The van der Waals surface area contributed by atoms with Gasteiger partial charge < -0.3 is 4.74 Å². The van der Waals surface area contributed by atoms with Crippen LogP contribution < -0.4 is 0 Å². The molecule has 0 aromatic rings. The third kappa shape index (κ3) is 2.28. The fraction of sp³-hybridized carbons (Fsp3) is 0.840. The lowest BCUT2D eigenvalue weighted by Gasteiger charge is -2.62. The molecule has 0 aromatic heterocycles. The highest BCUT2D eigenvalue weighted by atomic mass is 32.2. The zero-order valence-corrected chi connectivity index (χ0v) is 19.8. The summed E-state index contributed by atoms with van der Waals surface area (Å²) in [4.78, 5) is 24.7. The predicted octanol–water partition coefficient (Wildman–Crippen LogP) is 3.26. The van der Waals surface area contributed by atoms with Crippen LogP contribution >= 0.6 is 0 Å². The van der Waals surface area contributed by atoms with Gasteiger partial charge in [0.05, 0.1) is 12.4 Å².